The van der Waals surface area contributed by atoms with Crippen molar-refractivity contribution in [2.24, 2.45) is 5.92 Å². The second kappa shape index (κ2) is 6.51. The number of rotatable bonds is 3. The molecular weight excluding hydrogens is 336 g/mol. The summed E-state index contributed by atoms with van der Waals surface area (Å²) in [5.41, 5.74) is 5.15. The molecule has 0 unspecified atom stereocenters. The second-order valence-electron chi connectivity index (χ2n) is 7.48. The Kier molecular flexibility index (Phi) is 3.86. The summed E-state index contributed by atoms with van der Waals surface area (Å²) < 4.78 is 1.80. The van der Waals surface area contributed by atoms with E-state index in [-0.39, 0.29) is 0 Å². The molecule has 5 rings (SSSR count). The van der Waals surface area contributed by atoms with Crippen LogP contribution in [0.2, 0.25) is 0 Å². The van der Waals surface area contributed by atoms with Gasteiger partial charge in [0, 0.05) is 17.5 Å². The maximum Gasteiger partial charge on any atom is 0.141 e. The number of nitrogens with one attached hydrogen (secondary N) is 1. The zero-order valence-corrected chi connectivity index (χ0v) is 15.0. The summed E-state index contributed by atoms with van der Waals surface area (Å²) in [6, 6.07) is 12.3. The van der Waals surface area contributed by atoms with Gasteiger partial charge >= 0.3 is 0 Å². The lowest BCUT2D eigenvalue weighted by Crippen LogP contribution is -2.16. The van der Waals surface area contributed by atoms with Crippen LogP contribution in [0.5, 0.6) is 0 Å². The third-order valence-electron chi connectivity index (χ3n) is 5.84. The molecule has 0 amide bonds. The van der Waals surface area contributed by atoms with Gasteiger partial charge in [0.05, 0.1) is 17.3 Å². The fourth-order valence-electron chi connectivity index (χ4n) is 4.38. The Hall–Kier alpha value is -3.20. The molecular formula is C21H20N6. The van der Waals surface area contributed by atoms with E-state index in [0.29, 0.717) is 11.8 Å². The summed E-state index contributed by atoms with van der Waals surface area (Å²) in [5, 5.41) is 18.8. The molecule has 0 atom stereocenters. The molecule has 1 aliphatic carbocycles. The van der Waals surface area contributed by atoms with Gasteiger partial charge in [-0.15, -0.1) is 5.10 Å². The monoisotopic (exact) mass is 356 g/mol. The van der Waals surface area contributed by atoms with Gasteiger partial charge in [-0.05, 0) is 61.8 Å². The number of hydrogen-bond acceptors (Lipinski definition) is 4. The summed E-state index contributed by atoms with van der Waals surface area (Å²) >= 11 is 0. The molecule has 1 saturated carbocycles. The van der Waals surface area contributed by atoms with Crippen LogP contribution >= 0.6 is 0 Å². The Morgan fingerprint density at radius 1 is 1.11 bits per heavy atom. The fraction of sp³-hybridized carbons (Fsp3) is 0.333. The van der Waals surface area contributed by atoms with Crippen molar-refractivity contribution in [3.05, 3.63) is 59.7 Å². The number of hydrogen-bond donors (Lipinski definition) is 1. The highest BCUT2D eigenvalue weighted by Crippen LogP contribution is 2.38. The molecule has 1 N–H and O–H groups in total. The quantitative estimate of drug-likeness (QED) is 0.601. The number of H-pyrrole nitrogens is 1. The average Bonchev–Trinajstić information content (AvgIpc) is 3.35. The van der Waals surface area contributed by atoms with E-state index in [0.717, 1.165) is 47.1 Å². The van der Waals surface area contributed by atoms with Gasteiger partial charge in [-0.2, -0.15) is 5.26 Å². The van der Waals surface area contributed by atoms with Crippen LogP contribution < -0.4 is 0 Å². The lowest BCUT2D eigenvalue weighted by atomic mass is 9.78. The van der Waals surface area contributed by atoms with E-state index in [2.05, 4.69) is 44.5 Å². The first kappa shape index (κ1) is 16.0. The number of aromatic amines is 1. The Labute approximate surface area is 156 Å². The van der Waals surface area contributed by atoms with E-state index in [9.17, 15) is 0 Å². The highest BCUT2D eigenvalue weighted by Gasteiger charge is 2.27. The zero-order valence-electron chi connectivity index (χ0n) is 15.0. The summed E-state index contributed by atoms with van der Waals surface area (Å²) in [7, 11) is 0. The minimum absolute atomic E-state index is 0.459. The number of nitriles is 1. The van der Waals surface area contributed by atoms with Crippen molar-refractivity contribution in [2.45, 2.75) is 38.0 Å². The average molecular weight is 356 g/mol. The normalized spacial score (nSPS) is 20.1. The van der Waals surface area contributed by atoms with Crippen LogP contribution in [0.3, 0.4) is 0 Å². The van der Waals surface area contributed by atoms with Gasteiger partial charge in [0.1, 0.15) is 17.5 Å². The van der Waals surface area contributed by atoms with E-state index in [4.69, 9.17) is 5.26 Å². The van der Waals surface area contributed by atoms with Crippen molar-refractivity contribution in [1.29, 1.82) is 5.26 Å². The minimum atomic E-state index is 0.459. The Balaban J connectivity index is 1.32. The van der Waals surface area contributed by atoms with E-state index in [1.165, 1.54) is 18.4 Å². The third kappa shape index (κ3) is 2.85. The van der Waals surface area contributed by atoms with Crippen molar-refractivity contribution in [2.75, 3.05) is 0 Å². The first-order chi connectivity index (χ1) is 13.3. The van der Waals surface area contributed by atoms with Crippen LogP contribution in [-0.2, 0) is 6.42 Å². The summed E-state index contributed by atoms with van der Waals surface area (Å²) in [6.07, 6.45) is 9.43. The topological polar surface area (TPSA) is 82.7 Å². The van der Waals surface area contributed by atoms with Crippen LogP contribution in [0, 0.1) is 17.2 Å². The van der Waals surface area contributed by atoms with Gasteiger partial charge in [-0.1, -0.05) is 17.3 Å². The second-order valence-corrected chi connectivity index (χ2v) is 7.48. The van der Waals surface area contributed by atoms with Crippen LogP contribution in [0.25, 0.3) is 16.6 Å². The van der Waals surface area contributed by atoms with Crippen LogP contribution in [-0.4, -0.2) is 24.8 Å². The molecule has 1 aliphatic rings. The molecule has 6 nitrogen and oxygen atoms in total. The van der Waals surface area contributed by atoms with Crippen LogP contribution in [0.4, 0.5) is 0 Å². The number of benzene rings is 1. The number of aromatic nitrogens is 5. The third-order valence-corrected chi connectivity index (χ3v) is 5.84. The zero-order chi connectivity index (χ0) is 18.2. The van der Waals surface area contributed by atoms with Crippen LogP contribution in [0.1, 0.15) is 48.4 Å². The largest absolute Gasteiger partial charge is 0.346 e. The Morgan fingerprint density at radius 3 is 2.70 bits per heavy atom. The molecule has 0 spiro atoms. The van der Waals surface area contributed by atoms with Gasteiger partial charge in [0.15, 0.2) is 0 Å². The van der Waals surface area contributed by atoms with E-state index in [1.54, 1.807) is 10.8 Å². The van der Waals surface area contributed by atoms with E-state index < -0.39 is 0 Å². The maximum absolute atomic E-state index is 8.93. The molecule has 1 aromatic carbocycles. The minimum Gasteiger partial charge on any atom is -0.346 e. The smallest absolute Gasteiger partial charge is 0.141 e. The molecule has 134 valence electrons. The number of nitrogens with zero attached hydrogens (tertiary/aromatic N) is 5. The molecule has 0 radical (unpaired) electrons. The molecule has 3 aromatic heterocycles. The lowest BCUT2D eigenvalue weighted by Gasteiger charge is -2.27. The number of fused-ring (bicyclic) bond motifs is 3. The van der Waals surface area contributed by atoms with E-state index in [1.807, 2.05) is 18.3 Å². The molecule has 0 saturated heterocycles. The van der Waals surface area contributed by atoms with Crippen molar-refractivity contribution in [3.8, 4) is 6.07 Å². The molecule has 1 fully saturated rings. The molecule has 0 aliphatic heterocycles. The summed E-state index contributed by atoms with van der Waals surface area (Å²) in [5.74, 6) is 1.16. The predicted molar refractivity (Wildman–Crippen MR) is 102 cm³/mol. The van der Waals surface area contributed by atoms with Crippen molar-refractivity contribution in [3.63, 3.8) is 0 Å². The Morgan fingerprint density at radius 2 is 1.93 bits per heavy atom. The van der Waals surface area contributed by atoms with Gasteiger partial charge in [0.25, 0.3) is 0 Å². The predicted octanol–water partition coefficient (Wildman–Crippen LogP) is 3.99. The Bertz CT molecular complexity index is 1120. The lowest BCUT2D eigenvalue weighted by molar-refractivity contribution is 0.322. The SMILES string of the molecule is N#Cc1ccc(CC2CCC(c3nnn4cnc5[nH]ccc5c34)CC2)cc1. The van der Waals surface area contributed by atoms with Gasteiger partial charge < -0.3 is 4.98 Å². The summed E-state index contributed by atoms with van der Waals surface area (Å²) in [6.45, 7) is 0. The maximum atomic E-state index is 8.93. The van der Waals surface area contributed by atoms with E-state index >= 15 is 0 Å². The van der Waals surface area contributed by atoms with Gasteiger partial charge in [-0.3, -0.25) is 0 Å². The standard InChI is InChI=1S/C21H20N6/c22-12-16-3-1-14(2-4-16)11-15-5-7-17(8-6-15)19-20-18-9-10-23-21(18)24-13-27(20)26-25-19/h1-4,9-10,13,15,17,23H,5-8,11H2. The van der Waals surface area contributed by atoms with Crippen molar-refractivity contribution >= 4 is 16.6 Å². The van der Waals surface area contributed by atoms with Gasteiger partial charge in [0.2, 0.25) is 0 Å². The molecule has 0 bridgehead atoms. The first-order valence-electron chi connectivity index (χ1n) is 9.48. The highest BCUT2D eigenvalue weighted by molar-refractivity contribution is 5.92. The molecule has 27 heavy (non-hydrogen) atoms. The molecule has 6 heteroatoms. The molecule has 4 aromatic rings. The summed E-state index contributed by atoms with van der Waals surface area (Å²) in [4.78, 5) is 7.56. The van der Waals surface area contributed by atoms with Gasteiger partial charge in [-0.25, -0.2) is 9.50 Å². The fourth-order valence-corrected chi connectivity index (χ4v) is 4.38. The first-order valence-corrected chi connectivity index (χ1v) is 9.48. The van der Waals surface area contributed by atoms with Crippen LogP contribution in [0.15, 0.2) is 42.9 Å². The molecule has 3 heterocycles. The van der Waals surface area contributed by atoms with Crippen molar-refractivity contribution < 1.29 is 0 Å². The van der Waals surface area contributed by atoms with Crippen molar-refractivity contribution in [1.82, 2.24) is 24.8 Å². The highest BCUT2D eigenvalue weighted by atomic mass is 15.4.